The Balaban J connectivity index is 2.03. The van der Waals surface area contributed by atoms with E-state index in [9.17, 15) is 9.59 Å². The molecule has 1 aromatic rings. The van der Waals surface area contributed by atoms with Crippen LogP contribution in [0.1, 0.15) is 25.3 Å². The largest absolute Gasteiger partial charge is 0.466 e. The first-order chi connectivity index (χ1) is 11.0. The lowest BCUT2D eigenvalue weighted by Gasteiger charge is -2.13. The highest BCUT2D eigenvalue weighted by Crippen LogP contribution is 2.33. The van der Waals surface area contributed by atoms with Crippen molar-refractivity contribution in [3.63, 3.8) is 0 Å². The number of thiocarbonyl (C=S) groups is 1. The Labute approximate surface area is 149 Å². The summed E-state index contributed by atoms with van der Waals surface area (Å²) in [6.45, 7) is 2.55. The fourth-order valence-corrected chi connectivity index (χ4v) is 3.41. The van der Waals surface area contributed by atoms with Gasteiger partial charge in [-0.3, -0.25) is 14.5 Å². The van der Waals surface area contributed by atoms with Gasteiger partial charge in [0.25, 0.3) is 5.91 Å². The number of rotatable bonds is 6. The SMILES string of the molecule is CCCOC(=O)CCN1C(=O)/C(=C\c2ccccc2Cl)SC1=S. The van der Waals surface area contributed by atoms with Crippen molar-refractivity contribution in [2.24, 2.45) is 0 Å². The third kappa shape index (κ3) is 4.80. The van der Waals surface area contributed by atoms with E-state index in [1.54, 1.807) is 12.1 Å². The van der Waals surface area contributed by atoms with Crippen LogP contribution < -0.4 is 0 Å². The molecule has 1 aliphatic heterocycles. The van der Waals surface area contributed by atoms with E-state index in [1.807, 2.05) is 25.1 Å². The summed E-state index contributed by atoms with van der Waals surface area (Å²) < 4.78 is 5.44. The van der Waals surface area contributed by atoms with E-state index in [0.717, 1.165) is 12.0 Å². The Bertz CT molecular complexity index is 660. The molecule has 1 heterocycles. The van der Waals surface area contributed by atoms with Crippen LogP contribution in [-0.2, 0) is 14.3 Å². The first-order valence-electron chi connectivity index (χ1n) is 7.18. The van der Waals surface area contributed by atoms with E-state index in [4.69, 9.17) is 28.6 Å². The number of benzene rings is 1. The van der Waals surface area contributed by atoms with Crippen LogP contribution in [0.2, 0.25) is 5.02 Å². The molecule has 1 aromatic carbocycles. The summed E-state index contributed by atoms with van der Waals surface area (Å²) >= 11 is 12.5. The van der Waals surface area contributed by atoms with Gasteiger partial charge in [0.15, 0.2) is 0 Å². The minimum absolute atomic E-state index is 0.131. The average molecular weight is 370 g/mol. The summed E-state index contributed by atoms with van der Waals surface area (Å²) in [6.07, 6.45) is 2.62. The molecular weight excluding hydrogens is 354 g/mol. The summed E-state index contributed by atoms with van der Waals surface area (Å²) in [6, 6.07) is 7.27. The molecule has 0 spiro atoms. The van der Waals surface area contributed by atoms with Crippen molar-refractivity contribution in [1.82, 2.24) is 4.90 Å². The zero-order chi connectivity index (χ0) is 16.8. The van der Waals surface area contributed by atoms with Crippen molar-refractivity contribution in [2.75, 3.05) is 13.2 Å². The van der Waals surface area contributed by atoms with Gasteiger partial charge in [-0.2, -0.15) is 0 Å². The van der Waals surface area contributed by atoms with E-state index < -0.39 is 0 Å². The zero-order valence-electron chi connectivity index (χ0n) is 12.6. The van der Waals surface area contributed by atoms with E-state index in [1.165, 1.54) is 16.7 Å². The second-order valence-electron chi connectivity index (χ2n) is 4.83. The van der Waals surface area contributed by atoms with Crippen LogP contribution in [-0.4, -0.2) is 34.2 Å². The van der Waals surface area contributed by atoms with Gasteiger partial charge in [0, 0.05) is 11.6 Å². The summed E-state index contributed by atoms with van der Waals surface area (Å²) in [5.41, 5.74) is 0.761. The molecule has 0 atom stereocenters. The highest BCUT2D eigenvalue weighted by Gasteiger charge is 2.32. The Morgan fingerprint density at radius 3 is 2.87 bits per heavy atom. The lowest BCUT2D eigenvalue weighted by atomic mass is 10.2. The van der Waals surface area contributed by atoms with E-state index >= 15 is 0 Å². The van der Waals surface area contributed by atoms with Crippen molar-refractivity contribution >= 4 is 57.9 Å². The number of hydrogen-bond donors (Lipinski definition) is 0. The van der Waals surface area contributed by atoms with Crippen molar-refractivity contribution in [3.05, 3.63) is 39.8 Å². The predicted octanol–water partition coefficient (Wildman–Crippen LogP) is 3.88. The zero-order valence-corrected chi connectivity index (χ0v) is 15.0. The number of carbonyl (C=O) groups is 2. The molecular formula is C16H16ClNO3S2. The first kappa shape index (κ1) is 18.0. The fraction of sp³-hybridized carbons (Fsp3) is 0.312. The number of amides is 1. The molecule has 0 bridgehead atoms. The molecule has 4 nitrogen and oxygen atoms in total. The summed E-state index contributed by atoms with van der Waals surface area (Å²) in [5, 5.41) is 0.570. The first-order valence-corrected chi connectivity index (χ1v) is 8.78. The number of ether oxygens (including phenoxy) is 1. The maximum absolute atomic E-state index is 12.4. The van der Waals surface area contributed by atoms with Crippen molar-refractivity contribution in [3.8, 4) is 0 Å². The Morgan fingerprint density at radius 1 is 1.43 bits per heavy atom. The quantitative estimate of drug-likeness (QED) is 0.432. The predicted molar refractivity (Wildman–Crippen MR) is 97.2 cm³/mol. The monoisotopic (exact) mass is 369 g/mol. The fourth-order valence-electron chi connectivity index (χ4n) is 1.92. The summed E-state index contributed by atoms with van der Waals surface area (Å²) in [4.78, 5) is 25.9. The Hall–Kier alpha value is -1.37. The Morgan fingerprint density at radius 2 is 2.17 bits per heavy atom. The van der Waals surface area contributed by atoms with Crippen LogP contribution in [0, 0.1) is 0 Å². The number of hydrogen-bond acceptors (Lipinski definition) is 5. The van der Waals surface area contributed by atoms with Gasteiger partial charge in [-0.1, -0.05) is 60.7 Å². The van der Waals surface area contributed by atoms with Crippen LogP contribution >= 0.6 is 35.6 Å². The van der Waals surface area contributed by atoms with Gasteiger partial charge >= 0.3 is 5.97 Å². The second kappa shape index (κ2) is 8.47. The smallest absolute Gasteiger partial charge is 0.307 e. The molecule has 1 saturated heterocycles. The van der Waals surface area contributed by atoms with Gasteiger partial charge in [-0.25, -0.2) is 0 Å². The molecule has 1 amide bonds. The third-order valence-corrected chi connectivity index (χ3v) is 4.79. The Kier molecular flexibility index (Phi) is 6.62. The van der Waals surface area contributed by atoms with Gasteiger partial charge in [0.2, 0.25) is 0 Å². The number of esters is 1. The minimum atomic E-state index is -0.323. The number of carbonyl (C=O) groups excluding carboxylic acids is 2. The van der Waals surface area contributed by atoms with Gasteiger partial charge < -0.3 is 4.74 Å². The molecule has 1 fully saturated rings. The molecule has 122 valence electrons. The second-order valence-corrected chi connectivity index (χ2v) is 6.91. The van der Waals surface area contributed by atoms with Gasteiger partial charge in [-0.15, -0.1) is 0 Å². The number of thioether (sulfide) groups is 1. The average Bonchev–Trinajstić information content (AvgIpc) is 2.79. The number of nitrogens with zero attached hydrogens (tertiary/aromatic N) is 1. The minimum Gasteiger partial charge on any atom is -0.466 e. The summed E-state index contributed by atoms with van der Waals surface area (Å²) in [5.74, 6) is -0.529. The van der Waals surface area contributed by atoms with Crippen molar-refractivity contribution in [2.45, 2.75) is 19.8 Å². The molecule has 0 N–H and O–H groups in total. The standard InChI is InChI=1S/C16H16ClNO3S2/c1-2-9-21-14(19)7-8-18-15(20)13(23-16(18)22)10-11-5-3-4-6-12(11)17/h3-6,10H,2,7-9H2,1H3/b13-10+. The molecule has 7 heteroatoms. The van der Waals surface area contributed by atoms with Crippen LogP contribution in [0.4, 0.5) is 0 Å². The topological polar surface area (TPSA) is 46.6 Å². The van der Waals surface area contributed by atoms with Gasteiger partial charge in [0.05, 0.1) is 17.9 Å². The molecule has 0 unspecified atom stereocenters. The molecule has 1 aliphatic rings. The summed E-state index contributed by atoms with van der Waals surface area (Å²) in [7, 11) is 0. The van der Waals surface area contributed by atoms with Crippen molar-refractivity contribution < 1.29 is 14.3 Å². The van der Waals surface area contributed by atoms with E-state index in [-0.39, 0.29) is 24.8 Å². The van der Waals surface area contributed by atoms with Crippen LogP contribution in [0.5, 0.6) is 0 Å². The van der Waals surface area contributed by atoms with Crippen LogP contribution in [0.15, 0.2) is 29.2 Å². The van der Waals surface area contributed by atoms with Crippen LogP contribution in [0.25, 0.3) is 6.08 Å². The normalized spacial score (nSPS) is 16.3. The molecule has 2 rings (SSSR count). The lowest BCUT2D eigenvalue weighted by molar-refractivity contribution is -0.143. The molecule has 0 aromatic heterocycles. The third-order valence-electron chi connectivity index (χ3n) is 3.07. The van der Waals surface area contributed by atoms with E-state index in [2.05, 4.69) is 0 Å². The van der Waals surface area contributed by atoms with Crippen molar-refractivity contribution in [1.29, 1.82) is 0 Å². The number of halogens is 1. The molecule has 0 saturated carbocycles. The van der Waals surface area contributed by atoms with Gasteiger partial charge in [-0.05, 0) is 24.1 Å². The van der Waals surface area contributed by atoms with E-state index in [0.29, 0.717) is 20.9 Å². The molecule has 0 radical (unpaired) electrons. The van der Waals surface area contributed by atoms with Gasteiger partial charge in [0.1, 0.15) is 4.32 Å². The maximum atomic E-state index is 12.4. The maximum Gasteiger partial charge on any atom is 0.307 e. The molecule has 0 aliphatic carbocycles. The molecule has 23 heavy (non-hydrogen) atoms. The highest BCUT2D eigenvalue weighted by molar-refractivity contribution is 8.26. The highest BCUT2D eigenvalue weighted by atomic mass is 35.5. The lowest BCUT2D eigenvalue weighted by Crippen LogP contribution is -2.30. The van der Waals surface area contributed by atoms with Crippen LogP contribution in [0.3, 0.4) is 0 Å².